The van der Waals surface area contributed by atoms with Gasteiger partial charge in [-0.25, -0.2) is 19.3 Å². The van der Waals surface area contributed by atoms with Gasteiger partial charge in [-0.15, -0.1) is 11.3 Å². The molecular weight excluding hydrogens is 563 g/mol. The number of anilines is 1. The number of halogens is 5. The van der Waals surface area contributed by atoms with Crippen LogP contribution < -0.4 is 16.3 Å². The highest BCUT2D eigenvalue weighted by Gasteiger charge is 2.38. The molecule has 40 heavy (non-hydrogen) atoms. The van der Waals surface area contributed by atoms with Gasteiger partial charge < -0.3 is 20.5 Å². The molecule has 0 aromatic carbocycles. The number of aromatic nitrogens is 4. The van der Waals surface area contributed by atoms with E-state index in [9.17, 15) is 26.7 Å². The number of pyridine rings is 1. The molecule has 4 rings (SSSR count). The van der Waals surface area contributed by atoms with Crippen molar-refractivity contribution in [3.8, 4) is 11.8 Å². The number of morpholine rings is 1. The summed E-state index contributed by atoms with van der Waals surface area (Å²) in [6.45, 7) is 2.69. The minimum Gasteiger partial charge on any atom is -0.475 e. The summed E-state index contributed by atoms with van der Waals surface area (Å²) in [6.07, 6.45) is -3.88. The summed E-state index contributed by atoms with van der Waals surface area (Å²) >= 11 is 1.45. The number of thiophene rings is 1. The zero-order valence-corrected chi connectivity index (χ0v) is 21.5. The first-order valence-corrected chi connectivity index (χ1v) is 12.3. The van der Waals surface area contributed by atoms with Gasteiger partial charge in [-0.1, -0.05) is 11.8 Å². The van der Waals surface area contributed by atoms with Crippen molar-refractivity contribution < 1.29 is 36.6 Å². The maximum atomic E-state index is 12.8. The number of alkyl halides is 3. The highest BCUT2D eigenvalue weighted by atomic mass is 32.1. The lowest BCUT2D eigenvalue weighted by Gasteiger charge is -2.27. The third-order valence-electron chi connectivity index (χ3n) is 5.29. The topological polar surface area (TPSA) is 128 Å². The maximum Gasteiger partial charge on any atom is 0.490 e. The number of carboxylic acids is 1. The van der Waals surface area contributed by atoms with Gasteiger partial charge in [-0.3, -0.25) is 4.57 Å². The largest absolute Gasteiger partial charge is 0.490 e. The Morgan fingerprint density at radius 2 is 1.85 bits per heavy atom. The van der Waals surface area contributed by atoms with Crippen LogP contribution >= 0.6 is 11.3 Å². The van der Waals surface area contributed by atoms with E-state index in [1.54, 1.807) is 6.20 Å². The Balaban J connectivity index is 0.000000559. The number of aliphatic carboxylic acids is 1. The first kappa shape index (κ1) is 30.5. The molecule has 1 aliphatic rings. The molecule has 10 nitrogen and oxygen atoms in total. The summed E-state index contributed by atoms with van der Waals surface area (Å²) in [6, 6.07) is 7.66. The van der Waals surface area contributed by atoms with Crippen molar-refractivity contribution in [2.24, 2.45) is 5.73 Å². The number of hydrogen-bond acceptors (Lipinski definition) is 8. The minimum atomic E-state index is -5.08. The van der Waals surface area contributed by atoms with Crippen molar-refractivity contribution in [1.29, 1.82) is 0 Å². The Morgan fingerprint density at radius 3 is 2.42 bits per heavy atom. The molecule has 3 aromatic heterocycles. The number of rotatable bonds is 6. The van der Waals surface area contributed by atoms with E-state index in [1.165, 1.54) is 22.2 Å². The average Bonchev–Trinajstić information content (AvgIpc) is 3.52. The van der Waals surface area contributed by atoms with Crippen LogP contribution in [0.15, 0.2) is 53.2 Å². The molecule has 16 heteroatoms. The molecule has 0 atom stereocenters. The molecule has 1 fully saturated rings. The molecule has 1 saturated heterocycles. The second kappa shape index (κ2) is 13.8. The molecule has 1 aliphatic heterocycles. The normalized spacial score (nSPS) is 13.1. The Morgan fingerprint density at radius 1 is 1.15 bits per heavy atom. The van der Waals surface area contributed by atoms with Crippen LogP contribution in [0.4, 0.5) is 27.8 Å². The third kappa shape index (κ3) is 8.73. The first-order chi connectivity index (χ1) is 19.0. The molecule has 0 radical (unpaired) electrons. The van der Waals surface area contributed by atoms with Crippen molar-refractivity contribution >= 4 is 23.1 Å². The van der Waals surface area contributed by atoms with Gasteiger partial charge in [0.15, 0.2) is 0 Å². The Kier molecular flexibility index (Phi) is 10.5. The molecule has 0 amide bonds. The van der Waals surface area contributed by atoms with Crippen LogP contribution in [0.25, 0.3) is 0 Å². The fraction of sp³-hybridized carbons (Fsp3) is 0.333. The lowest BCUT2D eigenvalue weighted by atomic mass is 10.2. The lowest BCUT2D eigenvalue weighted by Crippen LogP contribution is -2.36. The van der Waals surface area contributed by atoms with Crippen molar-refractivity contribution in [1.82, 2.24) is 19.3 Å². The fourth-order valence-electron chi connectivity index (χ4n) is 3.24. The summed E-state index contributed by atoms with van der Waals surface area (Å²) in [7, 11) is 0. The van der Waals surface area contributed by atoms with Gasteiger partial charge in [0.05, 0.1) is 31.2 Å². The van der Waals surface area contributed by atoms with E-state index in [-0.39, 0.29) is 25.2 Å². The van der Waals surface area contributed by atoms with Gasteiger partial charge in [0.2, 0.25) is 0 Å². The molecule has 3 aromatic rings. The van der Waals surface area contributed by atoms with Crippen LogP contribution in [-0.4, -0.2) is 69.4 Å². The smallest absolute Gasteiger partial charge is 0.475 e. The number of nitrogens with zero attached hydrogens (tertiary/aromatic N) is 5. The second-order valence-corrected chi connectivity index (χ2v) is 9.26. The molecule has 0 bridgehead atoms. The summed E-state index contributed by atoms with van der Waals surface area (Å²) in [5.41, 5.74) is 5.32. The van der Waals surface area contributed by atoms with E-state index in [0.29, 0.717) is 13.2 Å². The highest BCUT2D eigenvalue weighted by molar-refractivity contribution is 7.12. The van der Waals surface area contributed by atoms with Crippen molar-refractivity contribution in [3.63, 3.8) is 0 Å². The van der Waals surface area contributed by atoms with Gasteiger partial charge >= 0.3 is 17.8 Å². The lowest BCUT2D eigenvalue weighted by molar-refractivity contribution is -0.192. The van der Waals surface area contributed by atoms with Crippen molar-refractivity contribution in [2.75, 3.05) is 37.7 Å². The molecule has 0 saturated carbocycles. The van der Waals surface area contributed by atoms with Crippen molar-refractivity contribution in [3.05, 3.63) is 74.2 Å². The van der Waals surface area contributed by atoms with Crippen LogP contribution in [0.5, 0.6) is 0 Å². The van der Waals surface area contributed by atoms with E-state index in [1.807, 2.05) is 24.3 Å². The van der Waals surface area contributed by atoms with Crippen LogP contribution in [-0.2, 0) is 22.6 Å². The Bertz CT molecular complexity index is 1440. The number of ether oxygens (including phenoxy) is 1. The monoisotopic (exact) mass is 586 g/mol. The van der Waals surface area contributed by atoms with Crippen molar-refractivity contribution in [2.45, 2.75) is 19.3 Å². The highest BCUT2D eigenvalue weighted by Crippen LogP contribution is 2.17. The molecule has 0 spiro atoms. The Labute approximate surface area is 228 Å². The minimum absolute atomic E-state index is 0.279. The quantitative estimate of drug-likeness (QED) is 0.333. The van der Waals surface area contributed by atoms with E-state index < -0.39 is 23.9 Å². The maximum absolute atomic E-state index is 12.8. The average molecular weight is 587 g/mol. The molecular formula is C24H23F5N6O4S. The van der Waals surface area contributed by atoms with Crippen LogP contribution in [0.2, 0.25) is 0 Å². The van der Waals surface area contributed by atoms with Gasteiger partial charge in [0.1, 0.15) is 12.1 Å². The second-order valence-electron chi connectivity index (χ2n) is 8.09. The summed E-state index contributed by atoms with van der Waals surface area (Å²) in [5, 5.41) is 11.0. The van der Waals surface area contributed by atoms with Gasteiger partial charge in [0.25, 0.3) is 6.08 Å². The number of hydrogen-bond donors (Lipinski definition) is 2. The third-order valence-corrected chi connectivity index (χ3v) is 6.28. The molecule has 0 aliphatic carbocycles. The molecule has 0 unspecified atom stereocenters. The Hall–Kier alpha value is -4.07. The van der Waals surface area contributed by atoms with Crippen LogP contribution in [0, 0.1) is 11.8 Å². The predicted molar refractivity (Wildman–Crippen MR) is 135 cm³/mol. The summed E-state index contributed by atoms with van der Waals surface area (Å²) in [4.78, 5) is 29.7. The zero-order chi connectivity index (χ0) is 29.3. The summed E-state index contributed by atoms with van der Waals surface area (Å²) in [5.74, 6) is 4.38. The van der Waals surface area contributed by atoms with Gasteiger partial charge in [0, 0.05) is 41.8 Å². The predicted octanol–water partition coefficient (Wildman–Crippen LogP) is 2.53. The number of carboxylic acid groups (broad SMARTS) is 1. The van der Waals surface area contributed by atoms with E-state index >= 15 is 0 Å². The van der Waals surface area contributed by atoms with E-state index in [0.717, 1.165) is 38.9 Å². The molecule has 4 heterocycles. The van der Waals surface area contributed by atoms with Crippen LogP contribution in [0.3, 0.4) is 0 Å². The van der Waals surface area contributed by atoms with Gasteiger partial charge in [-0.05, 0) is 24.3 Å². The summed E-state index contributed by atoms with van der Waals surface area (Å²) < 4.78 is 65.0. The van der Waals surface area contributed by atoms with E-state index in [2.05, 4.69) is 26.8 Å². The number of nitrogens with two attached hydrogens (primary N) is 1. The zero-order valence-electron chi connectivity index (χ0n) is 20.7. The molecule has 214 valence electrons. The fourth-order valence-corrected chi connectivity index (χ4v) is 4.10. The molecule has 3 N–H and O–H groups in total. The standard InChI is InChI=1S/C22H22F2N6O2S.C2HF3O2/c23-21(24)17(11-25)13-30-22(31)29(15-27-30)14-19-5-4-18(33-19)3-1-16-2-6-20(26-12-16)28-7-9-32-10-8-28;3-2(4,5)1(6)7/h2,4-6,12,15H,7-11,13-14,25H2;(H,6,7). The van der Waals surface area contributed by atoms with Crippen LogP contribution in [0.1, 0.15) is 15.3 Å². The SMILES string of the molecule is NCC(Cn1ncn(Cc2ccc(C#Cc3ccc(N4CCOCC4)nc3)s2)c1=O)=C(F)F.O=C(O)C(F)(F)F. The number of carbonyl (C=O) groups is 1. The first-order valence-electron chi connectivity index (χ1n) is 11.5. The van der Waals surface area contributed by atoms with Gasteiger partial charge in [-0.2, -0.15) is 27.1 Å². The van der Waals surface area contributed by atoms with E-state index in [4.69, 9.17) is 20.4 Å².